The van der Waals surface area contributed by atoms with E-state index < -0.39 is 5.92 Å². The summed E-state index contributed by atoms with van der Waals surface area (Å²) in [4.78, 5) is 35.0. The monoisotopic (exact) mass is 524 g/mol. The zero-order chi connectivity index (χ0) is 26.9. The lowest BCUT2D eigenvalue weighted by Crippen LogP contribution is -2.39. The molecule has 2 unspecified atom stereocenters. The topological polar surface area (TPSA) is 65.5 Å². The van der Waals surface area contributed by atoms with Crippen LogP contribution in [0.25, 0.3) is 0 Å². The minimum atomic E-state index is -2.64. The Kier molecular flexibility index (Phi) is 7.80. The van der Waals surface area contributed by atoms with Crippen LogP contribution in [0.1, 0.15) is 65.3 Å². The third-order valence-corrected chi connectivity index (χ3v) is 8.75. The van der Waals surface area contributed by atoms with Gasteiger partial charge in [0.1, 0.15) is 0 Å². The van der Waals surface area contributed by atoms with Gasteiger partial charge in [-0.2, -0.15) is 0 Å². The van der Waals surface area contributed by atoms with E-state index in [0.717, 1.165) is 61.5 Å². The molecular formula is C30H38F2N4O2. The zero-order valence-corrected chi connectivity index (χ0v) is 22.3. The van der Waals surface area contributed by atoms with Crippen molar-refractivity contribution < 1.29 is 18.4 Å². The summed E-state index contributed by atoms with van der Waals surface area (Å²) in [7, 11) is 0. The summed E-state index contributed by atoms with van der Waals surface area (Å²) < 4.78 is 27.2. The van der Waals surface area contributed by atoms with Crippen LogP contribution in [0.3, 0.4) is 0 Å². The number of benzene rings is 1. The standard InChI is InChI=1S/C30H38F2N4O2/c1-20-10-14-33-21(2)27(20)29(38)36-18-24-16-35(17-25(24)19-36)15-11-26(22-6-4-3-5-7-22)34-28(37)23-8-12-30(31,32)13-9-23/h3-7,10,14,23-26H,8-9,11-13,15-19H2,1-2H3,(H,34,37)/t24?,25?,26-/m0/s1. The van der Waals surface area contributed by atoms with Crippen molar-refractivity contribution in [1.82, 2.24) is 20.1 Å². The molecule has 3 fully saturated rings. The quantitative estimate of drug-likeness (QED) is 0.567. The predicted octanol–water partition coefficient (Wildman–Crippen LogP) is 4.78. The first kappa shape index (κ1) is 26.7. The second kappa shape index (κ2) is 11.1. The maximum atomic E-state index is 13.6. The lowest BCUT2D eigenvalue weighted by molar-refractivity contribution is -0.130. The number of carbonyl (C=O) groups excluding carboxylic acids is 2. The lowest BCUT2D eigenvalue weighted by atomic mass is 9.86. The molecule has 38 heavy (non-hydrogen) atoms. The summed E-state index contributed by atoms with van der Waals surface area (Å²) in [6.45, 7) is 8.10. The van der Waals surface area contributed by atoms with E-state index >= 15 is 0 Å². The average Bonchev–Trinajstić information content (AvgIpc) is 3.46. The van der Waals surface area contributed by atoms with Gasteiger partial charge in [-0.05, 0) is 62.1 Å². The number of aryl methyl sites for hydroxylation is 2. The summed E-state index contributed by atoms with van der Waals surface area (Å²) in [6.07, 6.45) is 2.56. The molecule has 2 amide bonds. The summed E-state index contributed by atoms with van der Waals surface area (Å²) in [5.74, 6) is -2.11. The fraction of sp³-hybridized carbons (Fsp3) is 0.567. The summed E-state index contributed by atoms with van der Waals surface area (Å²) in [6, 6.07) is 11.7. The van der Waals surface area contributed by atoms with Crippen molar-refractivity contribution in [2.24, 2.45) is 17.8 Å². The highest BCUT2D eigenvalue weighted by molar-refractivity contribution is 5.96. The minimum Gasteiger partial charge on any atom is -0.349 e. The summed E-state index contributed by atoms with van der Waals surface area (Å²) >= 11 is 0. The molecule has 2 aromatic rings. The molecule has 1 aromatic heterocycles. The molecule has 1 saturated carbocycles. The largest absolute Gasteiger partial charge is 0.349 e. The number of nitrogens with one attached hydrogen (secondary N) is 1. The van der Waals surface area contributed by atoms with E-state index in [4.69, 9.17) is 0 Å². The smallest absolute Gasteiger partial charge is 0.255 e. The van der Waals surface area contributed by atoms with E-state index in [0.29, 0.717) is 11.8 Å². The molecule has 3 atom stereocenters. The Morgan fingerprint density at radius 2 is 1.68 bits per heavy atom. The molecular weight excluding hydrogens is 486 g/mol. The molecule has 6 nitrogen and oxygen atoms in total. The van der Waals surface area contributed by atoms with Gasteiger partial charge in [-0.25, -0.2) is 8.78 Å². The molecule has 8 heteroatoms. The number of fused-ring (bicyclic) bond motifs is 1. The van der Waals surface area contributed by atoms with Gasteiger partial charge >= 0.3 is 0 Å². The molecule has 2 aliphatic heterocycles. The van der Waals surface area contributed by atoms with Crippen molar-refractivity contribution in [1.29, 1.82) is 0 Å². The van der Waals surface area contributed by atoms with Crippen LogP contribution in [0.5, 0.6) is 0 Å². The van der Waals surface area contributed by atoms with Crippen LogP contribution >= 0.6 is 0 Å². The van der Waals surface area contributed by atoms with Crippen molar-refractivity contribution in [3.05, 3.63) is 65.0 Å². The first-order valence-corrected chi connectivity index (χ1v) is 13.9. The predicted molar refractivity (Wildman–Crippen MR) is 142 cm³/mol. The van der Waals surface area contributed by atoms with Crippen molar-refractivity contribution >= 4 is 11.8 Å². The number of pyridine rings is 1. The third kappa shape index (κ3) is 5.90. The van der Waals surface area contributed by atoms with Crippen LogP contribution < -0.4 is 5.32 Å². The molecule has 1 N–H and O–H groups in total. The van der Waals surface area contributed by atoms with E-state index in [1.807, 2.05) is 55.1 Å². The highest BCUT2D eigenvalue weighted by Crippen LogP contribution is 2.37. The van der Waals surface area contributed by atoms with Crippen LogP contribution in [-0.2, 0) is 4.79 Å². The lowest BCUT2D eigenvalue weighted by Gasteiger charge is -2.30. The van der Waals surface area contributed by atoms with Gasteiger partial charge in [0.2, 0.25) is 11.8 Å². The third-order valence-electron chi connectivity index (χ3n) is 8.75. The fourth-order valence-electron chi connectivity index (χ4n) is 6.53. The van der Waals surface area contributed by atoms with E-state index in [2.05, 4.69) is 15.2 Å². The Morgan fingerprint density at radius 1 is 1.03 bits per heavy atom. The van der Waals surface area contributed by atoms with Gasteiger partial charge in [0.15, 0.2) is 0 Å². The van der Waals surface area contributed by atoms with E-state index in [9.17, 15) is 18.4 Å². The van der Waals surface area contributed by atoms with Crippen LogP contribution in [0.4, 0.5) is 8.78 Å². The number of amides is 2. The molecule has 5 rings (SSSR count). The molecule has 3 heterocycles. The number of rotatable bonds is 7. The van der Waals surface area contributed by atoms with E-state index in [1.165, 1.54) is 0 Å². The van der Waals surface area contributed by atoms with Crippen LogP contribution in [0.15, 0.2) is 42.6 Å². The van der Waals surface area contributed by atoms with E-state index in [1.54, 1.807) is 6.20 Å². The molecule has 1 aliphatic carbocycles. The Labute approximate surface area is 223 Å². The van der Waals surface area contributed by atoms with Crippen molar-refractivity contribution in [3.63, 3.8) is 0 Å². The van der Waals surface area contributed by atoms with Gasteiger partial charge in [0, 0.05) is 57.7 Å². The number of likely N-dealkylation sites (tertiary alicyclic amines) is 2. The molecule has 204 valence electrons. The van der Waals surface area contributed by atoms with Crippen molar-refractivity contribution in [2.75, 3.05) is 32.7 Å². The highest BCUT2D eigenvalue weighted by atomic mass is 19.3. The number of halogens is 2. The number of hydrogen-bond acceptors (Lipinski definition) is 4. The summed E-state index contributed by atoms with van der Waals surface area (Å²) in [5, 5.41) is 3.19. The van der Waals surface area contributed by atoms with Crippen molar-refractivity contribution in [2.45, 2.75) is 57.9 Å². The zero-order valence-electron chi connectivity index (χ0n) is 22.3. The first-order chi connectivity index (χ1) is 18.2. The molecule has 0 radical (unpaired) electrons. The molecule has 0 bridgehead atoms. The molecule has 0 spiro atoms. The highest BCUT2D eigenvalue weighted by Gasteiger charge is 2.42. The van der Waals surface area contributed by atoms with Crippen LogP contribution in [0, 0.1) is 31.6 Å². The normalized spacial score (nSPS) is 24.3. The minimum absolute atomic E-state index is 0.0846. The Morgan fingerprint density at radius 3 is 2.32 bits per heavy atom. The fourth-order valence-corrected chi connectivity index (χ4v) is 6.53. The van der Waals surface area contributed by atoms with Crippen LogP contribution in [0.2, 0.25) is 0 Å². The van der Waals surface area contributed by atoms with Crippen molar-refractivity contribution in [3.8, 4) is 0 Å². The van der Waals surface area contributed by atoms with Gasteiger partial charge in [-0.1, -0.05) is 30.3 Å². The Hall–Kier alpha value is -2.87. The number of nitrogens with zero attached hydrogens (tertiary/aromatic N) is 3. The second-order valence-electron chi connectivity index (χ2n) is 11.5. The Bertz CT molecular complexity index is 1110. The summed E-state index contributed by atoms with van der Waals surface area (Å²) in [5.41, 5.74) is 3.52. The molecule has 3 aliphatic rings. The maximum absolute atomic E-state index is 13.6. The molecule has 1 aromatic carbocycles. The van der Waals surface area contributed by atoms with Gasteiger partial charge < -0.3 is 15.1 Å². The number of aromatic nitrogens is 1. The maximum Gasteiger partial charge on any atom is 0.255 e. The Balaban J connectivity index is 1.16. The number of carbonyl (C=O) groups is 2. The van der Waals surface area contributed by atoms with Gasteiger partial charge in [-0.3, -0.25) is 14.6 Å². The SMILES string of the molecule is Cc1ccnc(C)c1C(=O)N1CC2CN(CC[C@H](NC(=O)C3CCC(F)(F)CC3)c3ccccc3)CC2C1. The average molecular weight is 525 g/mol. The number of hydrogen-bond donors (Lipinski definition) is 1. The van der Waals surface area contributed by atoms with Gasteiger partial charge in [0.05, 0.1) is 17.3 Å². The van der Waals surface area contributed by atoms with Crippen LogP contribution in [-0.4, -0.2) is 65.2 Å². The van der Waals surface area contributed by atoms with Gasteiger partial charge in [0.25, 0.3) is 5.91 Å². The van der Waals surface area contributed by atoms with E-state index in [-0.39, 0.29) is 49.5 Å². The number of alkyl halides is 2. The molecule has 2 saturated heterocycles. The first-order valence-electron chi connectivity index (χ1n) is 13.9. The second-order valence-corrected chi connectivity index (χ2v) is 11.5. The van der Waals surface area contributed by atoms with Gasteiger partial charge in [-0.15, -0.1) is 0 Å².